The van der Waals surface area contributed by atoms with Crippen LogP contribution in [0.5, 0.6) is 0 Å². The number of nitrogens with zero attached hydrogens (tertiary/aromatic N) is 6. The predicted molar refractivity (Wildman–Crippen MR) is 79.2 cm³/mol. The second-order valence-electron chi connectivity index (χ2n) is 5.64. The Morgan fingerprint density at radius 3 is 3.13 bits per heavy atom. The maximum absolute atomic E-state index is 12.7. The van der Waals surface area contributed by atoms with Gasteiger partial charge < -0.3 is 13.9 Å². The van der Waals surface area contributed by atoms with Crippen LogP contribution < -0.4 is 0 Å². The lowest BCUT2D eigenvalue weighted by molar-refractivity contribution is 0.0680. The molecule has 0 radical (unpaired) electrons. The van der Waals surface area contributed by atoms with Gasteiger partial charge in [0.1, 0.15) is 18.5 Å². The molecule has 0 N–H and O–H groups in total. The third kappa shape index (κ3) is 2.75. The zero-order valence-electron chi connectivity index (χ0n) is 12.4. The van der Waals surface area contributed by atoms with E-state index in [1.54, 1.807) is 34.2 Å². The summed E-state index contributed by atoms with van der Waals surface area (Å²) < 4.78 is 9.14. The molecule has 0 aromatic carbocycles. The van der Waals surface area contributed by atoms with E-state index in [4.69, 9.17) is 4.42 Å². The van der Waals surface area contributed by atoms with Crippen molar-refractivity contribution in [1.82, 2.24) is 29.2 Å². The van der Waals surface area contributed by atoms with Gasteiger partial charge in [-0.2, -0.15) is 5.10 Å². The standard InChI is InChI=1S/C15H16N6O2/c22-15(13-2-1-5-23-13)20-7-12(8-21-11-16-10-18-21)6-19-4-3-17-14(19)9-20/h1-5,10-12H,6-9H2/t12-/m1/s1. The normalized spacial score (nSPS) is 17.7. The van der Waals surface area contributed by atoms with E-state index < -0.39 is 0 Å². The first-order chi connectivity index (χ1) is 11.3. The van der Waals surface area contributed by atoms with Gasteiger partial charge in [0, 0.05) is 37.9 Å². The summed E-state index contributed by atoms with van der Waals surface area (Å²) >= 11 is 0. The summed E-state index contributed by atoms with van der Waals surface area (Å²) in [7, 11) is 0. The number of amides is 1. The van der Waals surface area contributed by atoms with Crippen LogP contribution in [0.3, 0.4) is 0 Å². The average molecular weight is 312 g/mol. The number of hydrogen-bond acceptors (Lipinski definition) is 5. The Morgan fingerprint density at radius 2 is 2.35 bits per heavy atom. The summed E-state index contributed by atoms with van der Waals surface area (Å²) in [6, 6.07) is 3.41. The molecule has 0 spiro atoms. The Balaban J connectivity index is 1.60. The van der Waals surface area contributed by atoms with Crippen LogP contribution in [0.15, 0.2) is 47.9 Å². The molecule has 0 fully saturated rings. The minimum atomic E-state index is -0.116. The predicted octanol–water partition coefficient (Wildman–Crippen LogP) is 1.04. The van der Waals surface area contributed by atoms with Crippen molar-refractivity contribution in [2.24, 2.45) is 5.92 Å². The maximum Gasteiger partial charge on any atom is 0.289 e. The lowest BCUT2D eigenvalue weighted by Gasteiger charge is -2.23. The van der Waals surface area contributed by atoms with Gasteiger partial charge in [-0.05, 0) is 12.1 Å². The summed E-state index contributed by atoms with van der Waals surface area (Å²) in [5.74, 6) is 1.33. The van der Waals surface area contributed by atoms with E-state index in [2.05, 4.69) is 19.6 Å². The van der Waals surface area contributed by atoms with Gasteiger partial charge in [-0.1, -0.05) is 0 Å². The average Bonchev–Trinajstić information content (AvgIpc) is 3.28. The molecular formula is C15H16N6O2. The van der Waals surface area contributed by atoms with Crippen LogP contribution in [-0.4, -0.2) is 41.7 Å². The van der Waals surface area contributed by atoms with Crippen molar-refractivity contribution in [1.29, 1.82) is 0 Å². The quantitative estimate of drug-likeness (QED) is 0.721. The number of carbonyl (C=O) groups excluding carboxylic acids is 1. The first-order valence-electron chi connectivity index (χ1n) is 7.45. The van der Waals surface area contributed by atoms with Gasteiger partial charge >= 0.3 is 0 Å². The van der Waals surface area contributed by atoms with Crippen molar-refractivity contribution in [3.05, 3.63) is 55.0 Å². The maximum atomic E-state index is 12.7. The van der Waals surface area contributed by atoms with E-state index in [9.17, 15) is 4.79 Å². The Kier molecular flexibility index (Phi) is 3.41. The van der Waals surface area contributed by atoms with E-state index >= 15 is 0 Å². The van der Waals surface area contributed by atoms with E-state index in [1.807, 2.05) is 6.20 Å². The highest BCUT2D eigenvalue weighted by Crippen LogP contribution is 2.19. The smallest absolute Gasteiger partial charge is 0.289 e. The van der Waals surface area contributed by atoms with Gasteiger partial charge in [0.25, 0.3) is 5.91 Å². The zero-order valence-corrected chi connectivity index (χ0v) is 12.4. The summed E-state index contributed by atoms with van der Waals surface area (Å²) in [4.78, 5) is 22.8. The number of carbonyl (C=O) groups is 1. The number of aromatic nitrogens is 5. The molecule has 0 saturated heterocycles. The molecule has 118 valence electrons. The SMILES string of the molecule is O=C(c1ccco1)N1Cc2nccn2C[C@@H](Cn2cncn2)C1. The van der Waals surface area contributed by atoms with E-state index in [-0.39, 0.29) is 11.8 Å². The molecule has 0 aliphatic carbocycles. The number of rotatable bonds is 3. The van der Waals surface area contributed by atoms with Crippen LogP contribution in [0, 0.1) is 5.92 Å². The van der Waals surface area contributed by atoms with Gasteiger partial charge in [-0.3, -0.25) is 9.48 Å². The van der Waals surface area contributed by atoms with Gasteiger partial charge in [0.15, 0.2) is 5.76 Å². The fourth-order valence-electron chi connectivity index (χ4n) is 2.96. The Morgan fingerprint density at radius 1 is 1.39 bits per heavy atom. The van der Waals surface area contributed by atoms with Gasteiger partial charge in [-0.15, -0.1) is 0 Å². The Labute approximate surface area is 132 Å². The number of furan rings is 1. The summed E-state index contributed by atoms with van der Waals surface area (Å²) in [5.41, 5.74) is 0. The van der Waals surface area contributed by atoms with Gasteiger partial charge in [0.2, 0.25) is 0 Å². The van der Waals surface area contributed by atoms with Crippen molar-refractivity contribution in [3.8, 4) is 0 Å². The van der Waals surface area contributed by atoms with Crippen LogP contribution in [-0.2, 0) is 19.6 Å². The van der Waals surface area contributed by atoms with Crippen molar-refractivity contribution >= 4 is 5.91 Å². The zero-order chi connectivity index (χ0) is 15.6. The first-order valence-corrected chi connectivity index (χ1v) is 7.45. The summed E-state index contributed by atoms with van der Waals surface area (Å²) in [5, 5.41) is 4.16. The fourth-order valence-corrected chi connectivity index (χ4v) is 2.96. The Hall–Kier alpha value is -2.90. The molecule has 23 heavy (non-hydrogen) atoms. The molecule has 0 saturated carbocycles. The largest absolute Gasteiger partial charge is 0.459 e. The second kappa shape index (κ2) is 5.71. The molecule has 4 heterocycles. The molecule has 0 bridgehead atoms. The van der Waals surface area contributed by atoms with Gasteiger partial charge in [0.05, 0.1) is 12.8 Å². The third-order valence-corrected chi connectivity index (χ3v) is 4.00. The van der Waals surface area contributed by atoms with Crippen molar-refractivity contribution < 1.29 is 9.21 Å². The highest BCUT2D eigenvalue weighted by molar-refractivity contribution is 5.91. The summed E-state index contributed by atoms with van der Waals surface area (Å²) in [6.45, 7) is 2.57. The molecule has 8 nitrogen and oxygen atoms in total. The van der Waals surface area contributed by atoms with Crippen LogP contribution in [0.4, 0.5) is 0 Å². The highest BCUT2D eigenvalue weighted by atomic mass is 16.3. The first kappa shape index (κ1) is 13.7. The number of fused-ring (bicyclic) bond motifs is 1. The molecule has 8 heteroatoms. The highest BCUT2D eigenvalue weighted by Gasteiger charge is 2.27. The molecule has 3 aromatic rings. The van der Waals surface area contributed by atoms with Crippen LogP contribution in [0.25, 0.3) is 0 Å². The van der Waals surface area contributed by atoms with E-state index in [0.29, 0.717) is 25.4 Å². The third-order valence-electron chi connectivity index (χ3n) is 4.00. The van der Waals surface area contributed by atoms with E-state index in [0.717, 1.165) is 12.4 Å². The summed E-state index contributed by atoms with van der Waals surface area (Å²) in [6.07, 6.45) is 8.44. The van der Waals surface area contributed by atoms with E-state index in [1.165, 1.54) is 12.6 Å². The molecule has 1 aliphatic heterocycles. The lowest BCUT2D eigenvalue weighted by atomic mass is 10.1. The van der Waals surface area contributed by atoms with Crippen LogP contribution in [0.1, 0.15) is 16.4 Å². The van der Waals surface area contributed by atoms with Crippen LogP contribution in [0.2, 0.25) is 0 Å². The lowest BCUT2D eigenvalue weighted by Crippen LogP contribution is -2.35. The topological polar surface area (TPSA) is 82.0 Å². The van der Waals surface area contributed by atoms with Crippen molar-refractivity contribution in [2.45, 2.75) is 19.6 Å². The van der Waals surface area contributed by atoms with Gasteiger partial charge in [-0.25, -0.2) is 9.97 Å². The molecule has 0 unspecified atom stereocenters. The minimum absolute atomic E-state index is 0.116. The Bertz CT molecular complexity index is 777. The molecule has 1 amide bonds. The fraction of sp³-hybridized carbons (Fsp3) is 0.333. The molecule has 3 aromatic heterocycles. The second-order valence-corrected chi connectivity index (χ2v) is 5.64. The minimum Gasteiger partial charge on any atom is -0.459 e. The molecular weight excluding hydrogens is 296 g/mol. The molecule has 1 atom stereocenters. The van der Waals surface area contributed by atoms with Crippen molar-refractivity contribution in [2.75, 3.05) is 6.54 Å². The number of imidazole rings is 1. The van der Waals surface area contributed by atoms with Crippen LogP contribution >= 0.6 is 0 Å². The monoisotopic (exact) mass is 312 g/mol. The number of hydrogen-bond donors (Lipinski definition) is 0. The van der Waals surface area contributed by atoms with Crippen molar-refractivity contribution in [3.63, 3.8) is 0 Å². The molecule has 1 aliphatic rings. The molecule has 4 rings (SSSR count).